The molecule has 0 radical (unpaired) electrons. The van der Waals surface area contributed by atoms with Crippen LogP contribution in [0.5, 0.6) is 0 Å². The lowest BCUT2D eigenvalue weighted by Gasteiger charge is -2.57. The molecule has 5 aromatic rings. The Morgan fingerprint density at radius 1 is 0.742 bits per heavy atom. The van der Waals surface area contributed by atoms with Crippen molar-refractivity contribution >= 4 is 43.7 Å². The van der Waals surface area contributed by atoms with Gasteiger partial charge in [0.2, 0.25) is 0 Å². The third kappa shape index (κ3) is 2.09. The van der Waals surface area contributed by atoms with E-state index >= 15 is 0 Å². The summed E-state index contributed by atoms with van der Waals surface area (Å²) in [5, 5.41) is 5.39. The minimum atomic E-state index is 0.399. The Hall–Kier alpha value is -2.74. The average Bonchev–Trinajstić information content (AvgIpc) is 3.26. The maximum Gasteiger partial charge on any atom is 0.137 e. The Morgan fingerprint density at radius 2 is 1.48 bits per heavy atom. The summed E-state index contributed by atoms with van der Waals surface area (Å²) in [5.41, 5.74) is 6.69. The second-order valence-corrected chi connectivity index (χ2v) is 10.9. The zero-order valence-electron chi connectivity index (χ0n) is 18.0. The molecule has 9 rings (SSSR count). The van der Waals surface area contributed by atoms with Crippen molar-refractivity contribution in [2.45, 2.75) is 43.9 Å². The van der Waals surface area contributed by atoms with Crippen LogP contribution in [0.1, 0.15) is 44.1 Å². The van der Waals surface area contributed by atoms with Crippen molar-refractivity contribution in [2.24, 2.45) is 24.8 Å². The van der Waals surface area contributed by atoms with Gasteiger partial charge in [-0.2, -0.15) is 0 Å². The van der Waals surface area contributed by atoms with Gasteiger partial charge in [0.1, 0.15) is 11.2 Å². The van der Waals surface area contributed by atoms with E-state index in [4.69, 9.17) is 4.42 Å². The maximum absolute atomic E-state index is 6.23. The normalized spacial score (nSPS) is 29.8. The summed E-state index contributed by atoms with van der Waals surface area (Å²) in [6.45, 7) is 0. The van der Waals surface area contributed by atoms with Gasteiger partial charge in [-0.05, 0) is 85.5 Å². The molecular weight excluding hydrogens is 378 g/mol. The number of hydrogen-bond acceptors (Lipinski definition) is 1. The highest BCUT2D eigenvalue weighted by Gasteiger charge is 2.52. The molecule has 4 bridgehead atoms. The van der Waals surface area contributed by atoms with Crippen molar-refractivity contribution in [1.82, 2.24) is 4.57 Å². The molecule has 0 atom stereocenters. The Kier molecular flexibility index (Phi) is 3.02. The van der Waals surface area contributed by atoms with E-state index in [0.717, 1.165) is 28.9 Å². The Bertz CT molecular complexity index is 1500. The highest BCUT2D eigenvalue weighted by atomic mass is 16.3. The van der Waals surface area contributed by atoms with Crippen LogP contribution in [0.15, 0.2) is 59.0 Å². The maximum atomic E-state index is 6.23. The molecule has 0 spiro atoms. The summed E-state index contributed by atoms with van der Waals surface area (Å²) >= 11 is 0. The van der Waals surface area contributed by atoms with E-state index in [-0.39, 0.29) is 0 Å². The van der Waals surface area contributed by atoms with Crippen molar-refractivity contribution in [3.8, 4) is 0 Å². The molecule has 2 heterocycles. The monoisotopic (exact) mass is 405 g/mol. The van der Waals surface area contributed by atoms with Gasteiger partial charge in [-0.15, -0.1) is 0 Å². The SMILES string of the molecule is Cn1c2cc3oc4ccccc4c3cc2c2c(C34CC5CC(CC(C5)C3)C4)cccc21. The van der Waals surface area contributed by atoms with Gasteiger partial charge in [-0.25, -0.2) is 0 Å². The number of nitrogens with zero attached hydrogens (tertiary/aromatic N) is 1. The molecule has 2 aromatic heterocycles. The number of rotatable bonds is 1. The van der Waals surface area contributed by atoms with Gasteiger partial charge in [0, 0.05) is 40.2 Å². The number of fused-ring (bicyclic) bond motifs is 6. The van der Waals surface area contributed by atoms with E-state index in [1.165, 1.54) is 71.1 Å². The number of hydrogen-bond donors (Lipinski definition) is 0. The molecule has 4 saturated carbocycles. The highest BCUT2D eigenvalue weighted by molar-refractivity contribution is 6.17. The molecule has 4 fully saturated rings. The molecule has 154 valence electrons. The van der Waals surface area contributed by atoms with Crippen molar-refractivity contribution in [3.05, 3.63) is 60.2 Å². The van der Waals surface area contributed by atoms with Crippen molar-refractivity contribution in [1.29, 1.82) is 0 Å². The zero-order chi connectivity index (χ0) is 20.3. The lowest BCUT2D eigenvalue weighted by molar-refractivity contribution is -0.00447. The fraction of sp³-hybridized carbons (Fsp3) is 0.379. The van der Waals surface area contributed by atoms with E-state index in [1.54, 1.807) is 5.56 Å². The van der Waals surface area contributed by atoms with E-state index in [9.17, 15) is 0 Å². The molecule has 0 saturated heterocycles. The summed E-state index contributed by atoms with van der Waals surface area (Å²) in [7, 11) is 2.22. The standard InChI is InChI=1S/C29H27NO/c1-30-24-7-4-6-23(29-14-17-9-18(15-29)11-19(10-17)16-29)28(24)22-12-21-20-5-2-3-8-26(20)31-27(21)13-25(22)30/h2-8,12-13,17-19H,9-11,14-16H2,1H3. The van der Waals surface area contributed by atoms with Gasteiger partial charge in [0.15, 0.2) is 0 Å². The van der Waals surface area contributed by atoms with Crippen LogP contribution in [0.4, 0.5) is 0 Å². The fourth-order valence-corrected chi connectivity index (χ4v) is 8.35. The van der Waals surface area contributed by atoms with E-state index in [2.05, 4.69) is 66.2 Å². The van der Waals surface area contributed by atoms with Gasteiger partial charge >= 0.3 is 0 Å². The van der Waals surface area contributed by atoms with Crippen LogP contribution < -0.4 is 0 Å². The minimum Gasteiger partial charge on any atom is -0.456 e. The summed E-state index contributed by atoms with van der Waals surface area (Å²) in [5.74, 6) is 2.88. The number of para-hydroxylation sites is 1. The summed E-state index contributed by atoms with van der Waals surface area (Å²) in [6, 6.07) is 20.3. The molecule has 0 aliphatic heterocycles. The second-order valence-electron chi connectivity index (χ2n) is 10.9. The van der Waals surface area contributed by atoms with Gasteiger partial charge in [-0.3, -0.25) is 0 Å². The Morgan fingerprint density at radius 3 is 2.26 bits per heavy atom. The van der Waals surface area contributed by atoms with E-state index in [0.29, 0.717) is 5.41 Å². The summed E-state index contributed by atoms with van der Waals surface area (Å²) in [6.07, 6.45) is 8.70. The predicted molar refractivity (Wildman–Crippen MR) is 128 cm³/mol. The topological polar surface area (TPSA) is 18.1 Å². The number of benzene rings is 3. The zero-order valence-corrected chi connectivity index (χ0v) is 18.0. The molecule has 4 aliphatic carbocycles. The third-order valence-electron chi connectivity index (χ3n) is 9.14. The molecule has 4 aliphatic rings. The van der Waals surface area contributed by atoms with Crippen molar-refractivity contribution in [3.63, 3.8) is 0 Å². The van der Waals surface area contributed by atoms with Crippen LogP contribution in [0, 0.1) is 17.8 Å². The van der Waals surface area contributed by atoms with Gasteiger partial charge in [0.05, 0.1) is 5.52 Å². The van der Waals surface area contributed by atoms with Crippen molar-refractivity contribution in [2.75, 3.05) is 0 Å². The first-order valence-electron chi connectivity index (χ1n) is 12.0. The van der Waals surface area contributed by atoms with Crippen LogP contribution in [0.25, 0.3) is 43.7 Å². The molecule has 3 aromatic carbocycles. The lowest BCUT2D eigenvalue weighted by atomic mass is 9.48. The molecule has 2 nitrogen and oxygen atoms in total. The fourth-order valence-electron chi connectivity index (χ4n) is 8.35. The first kappa shape index (κ1) is 16.9. The van der Waals surface area contributed by atoms with Crippen LogP contribution in [-0.4, -0.2) is 4.57 Å². The molecule has 0 unspecified atom stereocenters. The van der Waals surface area contributed by atoms with Crippen LogP contribution in [0.3, 0.4) is 0 Å². The molecule has 0 N–H and O–H groups in total. The highest BCUT2D eigenvalue weighted by Crippen LogP contribution is 2.61. The minimum absolute atomic E-state index is 0.399. The first-order chi connectivity index (χ1) is 15.2. The van der Waals surface area contributed by atoms with Crippen LogP contribution >= 0.6 is 0 Å². The predicted octanol–water partition coefficient (Wildman–Crippen LogP) is 7.70. The lowest BCUT2D eigenvalue weighted by Crippen LogP contribution is -2.48. The second kappa shape index (κ2) is 5.54. The van der Waals surface area contributed by atoms with Crippen molar-refractivity contribution < 1.29 is 4.42 Å². The van der Waals surface area contributed by atoms with E-state index < -0.39 is 0 Å². The largest absolute Gasteiger partial charge is 0.456 e. The Balaban J connectivity index is 1.48. The number of aryl methyl sites for hydroxylation is 1. The molecule has 0 amide bonds. The third-order valence-corrected chi connectivity index (χ3v) is 9.14. The molecular formula is C29H27NO. The van der Waals surface area contributed by atoms with Gasteiger partial charge in [0.25, 0.3) is 0 Å². The molecule has 2 heteroatoms. The number of aromatic nitrogens is 1. The smallest absolute Gasteiger partial charge is 0.137 e. The van der Waals surface area contributed by atoms with Gasteiger partial charge in [-0.1, -0.05) is 30.3 Å². The van der Waals surface area contributed by atoms with Crippen LogP contribution in [0.2, 0.25) is 0 Å². The number of furan rings is 1. The van der Waals surface area contributed by atoms with E-state index in [1.807, 2.05) is 0 Å². The first-order valence-corrected chi connectivity index (χ1v) is 12.0. The quantitative estimate of drug-likeness (QED) is 0.279. The Labute approximate surface area is 181 Å². The summed E-state index contributed by atoms with van der Waals surface area (Å²) in [4.78, 5) is 0. The summed E-state index contributed by atoms with van der Waals surface area (Å²) < 4.78 is 8.62. The average molecular weight is 406 g/mol. The van der Waals surface area contributed by atoms with Gasteiger partial charge < -0.3 is 8.98 Å². The van der Waals surface area contributed by atoms with Crippen LogP contribution in [-0.2, 0) is 12.5 Å². The molecule has 31 heavy (non-hydrogen) atoms.